The van der Waals surface area contributed by atoms with E-state index in [9.17, 15) is 20.1 Å². The minimum atomic E-state index is -0.935. The van der Waals surface area contributed by atoms with Gasteiger partial charge in [-0.15, -0.1) is 0 Å². The summed E-state index contributed by atoms with van der Waals surface area (Å²) in [5.41, 5.74) is -1.02. The highest BCUT2D eigenvalue weighted by molar-refractivity contribution is 5.84. The Hall–Kier alpha value is -0.450. The van der Waals surface area contributed by atoms with Gasteiger partial charge in [0, 0.05) is 12.3 Å². The maximum Gasteiger partial charge on any atom is 0.137 e. The van der Waals surface area contributed by atoms with E-state index in [1.165, 1.54) is 0 Å². The van der Waals surface area contributed by atoms with Gasteiger partial charge >= 0.3 is 0 Å². The maximum atomic E-state index is 14.0. The minimum absolute atomic E-state index is 0.0303. The van der Waals surface area contributed by atoms with Crippen LogP contribution in [0.25, 0.3) is 0 Å². The molecule has 4 aliphatic carbocycles. The first-order valence-electron chi connectivity index (χ1n) is 14.1. The minimum Gasteiger partial charge on any atom is -0.393 e. The van der Waals surface area contributed by atoms with Gasteiger partial charge in [0.25, 0.3) is 0 Å². The van der Waals surface area contributed by atoms with Crippen molar-refractivity contribution < 1.29 is 20.1 Å². The van der Waals surface area contributed by atoms with Crippen LogP contribution in [0.4, 0.5) is 0 Å². The Kier molecular flexibility index (Phi) is 6.48. The lowest BCUT2D eigenvalue weighted by molar-refractivity contribution is -0.221. The Balaban J connectivity index is 1.64. The second kappa shape index (κ2) is 8.28. The van der Waals surface area contributed by atoms with Crippen molar-refractivity contribution >= 4 is 5.78 Å². The molecule has 4 aliphatic rings. The van der Waals surface area contributed by atoms with Gasteiger partial charge in [-0.05, 0) is 104 Å². The van der Waals surface area contributed by atoms with E-state index in [2.05, 4.69) is 34.6 Å². The lowest BCUT2D eigenvalue weighted by Gasteiger charge is -2.69. The van der Waals surface area contributed by atoms with Gasteiger partial charge in [-0.25, -0.2) is 0 Å². The van der Waals surface area contributed by atoms with Crippen LogP contribution in [0, 0.1) is 51.2 Å². The predicted octanol–water partition coefficient (Wildman–Crippen LogP) is 5.76. The van der Waals surface area contributed by atoms with Gasteiger partial charge < -0.3 is 15.3 Å². The molecule has 10 atom stereocenters. The summed E-state index contributed by atoms with van der Waals surface area (Å²) < 4.78 is 0. The van der Waals surface area contributed by atoms with Crippen molar-refractivity contribution in [3.05, 3.63) is 0 Å². The van der Waals surface area contributed by atoms with E-state index >= 15 is 0 Å². The topological polar surface area (TPSA) is 77.8 Å². The third-order valence-electron chi connectivity index (χ3n) is 12.7. The van der Waals surface area contributed by atoms with Gasteiger partial charge in [0.05, 0.1) is 17.8 Å². The standard InChI is InChI=1S/C30H52O4/c1-18(2)20(31)10-16-30(8,34)19-9-14-29(7)25(19)21(32)17-23-27(5)13-12-24(33)26(3,4)22(27)11-15-28(23,29)6/h18-20,22-25,31,33-34H,9-17H2,1-8H3/t19-,20?,22?,23?,24?,25?,27-,28+,29+,30-/m0/s1. The molecule has 0 heterocycles. The van der Waals surface area contributed by atoms with Gasteiger partial charge in [-0.3, -0.25) is 4.79 Å². The second-order valence-electron chi connectivity index (χ2n) is 14.9. The number of aliphatic hydroxyl groups is 3. The molecule has 4 saturated carbocycles. The van der Waals surface area contributed by atoms with Crippen molar-refractivity contribution in [2.24, 2.45) is 51.2 Å². The van der Waals surface area contributed by atoms with Crippen LogP contribution in [0.5, 0.6) is 0 Å². The van der Waals surface area contributed by atoms with Gasteiger partial charge in [0.2, 0.25) is 0 Å². The number of Topliss-reactive ketones (excluding diaryl/α,β-unsaturated/α-hetero) is 1. The smallest absolute Gasteiger partial charge is 0.137 e. The van der Waals surface area contributed by atoms with Crippen molar-refractivity contribution in [2.75, 3.05) is 0 Å². The molecule has 0 saturated heterocycles. The fourth-order valence-electron chi connectivity index (χ4n) is 10.1. The Morgan fingerprint density at radius 3 is 2.21 bits per heavy atom. The van der Waals surface area contributed by atoms with E-state index in [1.54, 1.807) is 0 Å². The first-order valence-corrected chi connectivity index (χ1v) is 14.1. The molecule has 0 spiro atoms. The van der Waals surface area contributed by atoms with E-state index in [1.807, 2.05) is 20.8 Å². The monoisotopic (exact) mass is 476 g/mol. The lowest BCUT2D eigenvalue weighted by Crippen LogP contribution is -2.65. The summed E-state index contributed by atoms with van der Waals surface area (Å²) in [6.07, 6.45) is 7.02. The van der Waals surface area contributed by atoms with Crippen LogP contribution in [-0.4, -0.2) is 38.9 Å². The largest absolute Gasteiger partial charge is 0.393 e. The first kappa shape index (κ1) is 26.6. The molecule has 5 unspecified atom stereocenters. The Morgan fingerprint density at radius 1 is 0.971 bits per heavy atom. The van der Waals surface area contributed by atoms with Gasteiger partial charge in [-0.2, -0.15) is 0 Å². The second-order valence-corrected chi connectivity index (χ2v) is 14.9. The van der Waals surface area contributed by atoms with Crippen LogP contribution in [0.3, 0.4) is 0 Å². The predicted molar refractivity (Wildman–Crippen MR) is 136 cm³/mol. The van der Waals surface area contributed by atoms with Crippen molar-refractivity contribution in [1.82, 2.24) is 0 Å². The number of rotatable bonds is 5. The van der Waals surface area contributed by atoms with Crippen LogP contribution >= 0.6 is 0 Å². The average molecular weight is 477 g/mol. The average Bonchev–Trinajstić information content (AvgIpc) is 3.12. The summed E-state index contributed by atoms with van der Waals surface area (Å²) in [5, 5.41) is 32.8. The number of carbonyl (C=O) groups excluding carboxylic acids is 1. The highest BCUT2D eigenvalue weighted by Gasteiger charge is 2.71. The third kappa shape index (κ3) is 3.59. The number of hydrogen-bond acceptors (Lipinski definition) is 4. The first-order chi connectivity index (χ1) is 15.5. The van der Waals surface area contributed by atoms with Gasteiger partial charge in [0.15, 0.2) is 0 Å². The van der Waals surface area contributed by atoms with E-state index in [4.69, 9.17) is 0 Å². The Labute approximate surface area is 208 Å². The van der Waals surface area contributed by atoms with Crippen LogP contribution < -0.4 is 0 Å². The Morgan fingerprint density at radius 2 is 1.59 bits per heavy atom. The molecule has 196 valence electrons. The van der Waals surface area contributed by atoms with Crippen molar-refractivity contribution in [3.8, 4) is 0 Å². The molecule has 3 N–H and O–H groups in total. The summed E-state index contributed by atoms with van der Waals surface area (Å²) in [4.78, 5) is 14.0. The zero-order valence-electron chi connectivity index (χ0n) is 23.2. The summed E-state index contributed by atoms with van der Waals surface area (Å²) in [6, 6.07) is 0. The molecule has 4 rings (SSSR count). The normalized spacial score (nSPS) is 48.6. The molecular weight excluding hydrogens is 424 g/mol. The summed E-state index contributed by atoms with van der Waals surface area (Å²) in [6.45, 7) is 17.7. The number of hydrogen-bond donors (Lipinski definition) is 3. The van der Waals surface area contributed by atoms with E-state index in [0.717, 1.165) is 38.5 Å². The van der Waals surface area contributed by atoms with Crippen molar-refractivity contribution in [2.45, 2.75) is 131 Å². The SMILES string of the molecule is CC(C)C(O)CC[C@](C)(O)[C@H]1CC[C@]2(C)C1C(=O)CC1[C@@]3(C)CCC(O)C(C)(C)C3CC[C@]12C. The summed E-state index contributed by atoms with van der Waals surface area (Å²) >= 11 is 0. The molecule has 34 heavy (non-hydrogen) atoms. The van der Waals surface area contributed by atoms with Crippen molar-refractivity contribution in [1.29, 1.82) is 0 Å². The molecule has 0 bridgehead atoms. The summed E-state index contributed by atoms with van der Waals surface area (Å²) in [7, 11) is 0. The third-order valence-corrected chi connectivity index (χ3v) is 12.7. The number of carbonyl (C=O) groups is 1. The van der Waals surface area contributed by atoms with E-state index in [0.29, 0.717) is 36.9 Å². The van der Waals surface area contributed by atoms with Crippen LogP contribution in [0.15, 0.2) is 0 Å². The Bertz CT molecular complexity index is 802. The van der Waals surface area contributed by atoms with Crippen LogP contribution in [0.1, 0.15) is 113 Å². The molecule has 4 heteroatoms. The number of aliphatic hydroxyl groups excluding tert-OH is 2. The maximum absolute atomic E-state index is 14.0. The lowest BCUT2D eigenvalue weighted by atomic mass is 9.35. The van der Waals surface area contributed by atoms with Gasteiger partial charge in [-0.1, -0.05) is 48.5 Å². The molecule has 4 nitrogen and oxygen atoms in total. The molecule has 0 radical (unpaired) electrons. The molecule has 0 aromatic carbocycles. The van der Waals surface area contributed by atoms with Crippen molar-refractivity contribution in [3.63, 3.8) is 0 Å². The number of fused-ring (bicyclic) bond motifs is 5. The van der Waals surface area contributed by atoms with Gasteiger partial charge in [0.1, 0.15) is 5.78 Å². The number of ketones is 1. The summed E-state index contributed by atoms with van der Waals surface area (Å²) in [5.74, 6) is 1.19. The van der Waals surface area contributed by atoms with Crippen LogP contribution in [0.2, 0.25) is 0 Å². The highest BCUT2D eigenvalue weighted by atomic mass is 16.3. The molecule has 0 aliphatic heterocycles. The fourth-order valence-corrected chi connectivity index (χ4v) is 10.1. The molecular formula is C30H52O4. The molecule has 0 amide bonds. The highest BCUT2D eigenvalue weighted by Crippen LogP contribution is 2.75. The van der Waals surface area contributed by atoms with E-state index in [-0.39, 0.29) is 45.5 Å². The van der Waals surface area contributed by atoms with Crippen LogP contribution in [-0.2, 0) is 4.79 Å². The fraction of sp³-hybridized carbons (Fsp3) is 0.967. The zero-order chi connectivity index (χ0) is 25.5. The zero-order valence-corrected chi connectivity index (χ0v) is 23.2. The van der Waals surface area contributed by atoms with E-state index < -0.39 is 11.7 Å². The quantitative estimate of drug-likeness (QED) is 0.471. The molecule has 4 fully saturated rings. The molecule has 0 aromatic heterocycles. The molecule has 0 aromatic rings.